The molecule has 0 bridgehead atoms. The zero-order chi connectivity index (χ0) is 14.5. The van der Waals surface area contributed by atoms with E-state index in [2.05, 4.69) is 64.1 Å². The molecule has 4 heteroatoms. The highest BCUT2D eigenvalue weighted by atomic mass is 79.9. The predicted octanol–water partition coefficient (Wildman–Crippen LogP) is 5.71. The van der Waals surface area contributed by atoms with Crippen LogP contribution in [0, 0.1) is 0 Å². The van der Waals surface area contributed by atoms with E-state index in [0.29, 0.717) is 6.04 Å². The maximum Gasteiger partial charge on any atom is 0.0858 e. The summed E-state index contributed by atoms with van der Waals surface area (Å²) in [7, 11) is 2.09. The van der Waals surface area contributed by atoms with Crippen molar-refractivity contribution in [1.29, 1.82) is 0 Å². The lowest BCUT2D eigenvalue weighted by molar-refractivity contribution is 0.755. The smallest absolute Gasteiger partial charge is 0.0858 e. The van der Waals surface area contributed by atoms with Gasteiger partial charge in [-0.25, -0.2) is 0 Å². The molecular weight excluding hydrogens is 314 g/mol. The summed E-state index contributed by atoms with van der Waals surface area (Å²) in [5, 5.41) is 8.46. The number of rotatable bonds is 4. The number of anilines is 1. The summed E-state index contributed by atoms with van der Waals surface area (Å²) >= 11 is 3.40. The van der Waals surface area contributed by atoms with Crippen LogP contribution in [0.25, 0.3) is 0 Å². The summed E-state index contributed by atoms with van der Waals surface area (Å²) in [6, 6.07) is 16.3. The summed E-state index contributed by atoms with van der Waals surface area (Å²) in [4.78, 5) is 2.22. The highest BCUT2D eigenvalue weighted by molar-refractivity contribution is 9.10. The molecule has 0 heterocycles. The Hall–Kier alpha value is -1.68. The molecule has 0 aliphatic rings. The molecule has 0 radical (unpaired) electrons. The van der Waals surface area contributed by atoms with Gasteiger partial charge in [-0.05, 0) is 62.4 Å². The third-order valence-electron chi connectivity index (χ3n) is 3.14. The van der Waals surface area contributed by atoms with Crippen LogP contribution >= 0.6 is 15.9 Å². The predicted molar refractivity (Wildman–Crippen MR) is 88.3 cm³/mol. The van der Waals surface area contributed by atoms with E-state index in [1.165, 1.54) is 5.69 Å². The average Bonchev–Trinajstić information content (AvgIpc) is 2.46. The SMILES string of the molecule is CC(C)N(C)c1ccc(N=Nc2ccc(Br)cc2)cc1. The number of hydrogen-bond acceptors (Lipinski definition) is 3. The van der Waals surface area contributed by atoms with Gasteiger partial charge in [0.25, 0.3) is 0 Å². The van der Waals surface area contributed by atoms with Gasteiger partial charge in [-0.2, -0.15) is 10.2 Å². The largest absolute Gasteiger partial charge is 0.372 e. The Labute approximate surface area is 128 Å². The highest BCUT2D eigenvalue weighted by Gasteiger charge is 2.03. The number of benzene rings is 2. The van der Waals surface area contributed by atoms with Crippen LogP contribution in [0.15, 0.2) is 63.2 Å². The fourth-order valence-electron chi connectivity index (χ4n) is 1.68. The van der Waals surface area contributed by atoms with E-state index < -0.39 is 0 Å². The second-order valence-electron chi connectivity index (χ2n) is 4.90. The van der Waals surface area contributed by atoms with Crippen molar-refractivity contribution in [2.45, 2.75) is 19.9 Å². The quantitative estimate of drug-likeness (QED) is 0.659. The molecular formula is C16H18BrN3. The first-order valence-corrected chi connectivity index (χ1v) is 7.36. The van der Waals surface area contributed by atoms with Crippen molar-refractivity contribution in [2.24, 2.45) is 10.2 Å². The molecule has 104 valence electrons. The first-order chi connectivity index (χ1) is 9.56. The van der Waals surface area contributed by atoms with Gasteiger partial charge < -0.3 is 4.90 Å². The molecule has 0 aromatic heterocycles. The van der Waals surface area contributed by atoms with Crippen LogP contribution in [0.2, 0.25) is 0 Å². The molecule has 0 amide bonds. The van der Waals surface area contributed by atoms with Crippen LogP contribution in [0.1, 0.15) is 13.8 Å². The van der Waals surface area contributed by atoms with E-state index in [9.17, 15) is 0 Å². The minimum atomic E-state index is 0.477. The van der Waals surface area contributed by atoms with E-state index in [-0.39, 0.29) is 0 Å². The Balaban J connectivity index is 2.09. The number of hydrogen-bond donors (Lipinski definition) is 0. The second-order valence-corrected chi connectivity index (χ2v) is 5.81. The van der Waals surface area contributed by atoms with Crippen LogP contribution in [-0.4, -0.2) is 13.1 Å². The van der Waals surface area contributed by atoms with Crippen molar-refractivity contribution >= 4 is 33.0 Å². The number of nitrogens with zero attached hydrogens (tertiary/aromatic N) is 3. The molecule has 2 aromatic carbocycles. The Morgan fingerprint density at radius 1 is 0.850 bits per heavy atom. The van der Waals surface area contributed by atoms with Gasteiger partial charge >= 0.3 is 0 Å². The Kier molecular flexibility index (Phi) is 4.90. The maximum absolute atomic E-state index is 4.24. The Morgan fingerprint density at radius 3 is 1.75 bits per heavy atom. The van der Waals surface area contributed by atoms with Crippen LogP contribution < -0.4 is 4.90 Å². The van der Waals surface area contributed by atoms with E-state index in [1.807, 2.05) is 36.4 Å². The molecule has 0 N–H and O–H groups in total. The minimum Gasteiger partial charge on any atom is -0.372 e. The molecule has 0 unspecified atom stereocenters. The zero-order valence-corrected chi connectivity index (χ0v) is 13.5. The number of halogens is 1. The Morgan fingerprint density at radius 2 is 1.30 bits per heavy atom. The van der Waals surface area contributed by atoms with E-state index >= 15 is 0 Å². The van der Waals surface area contributed by atoms with Gasteiger partial charge in [0.15, 0.2) is 0 Å². The van der Waals surface area contributed by atoms with Crippen molar-refractivity contribution in [3.8, 4) is 0 Å². The monoisotopic (exact) mass is 331 g/mol. The van der Waals surface area contributed by atoms with Crippen molar-refractivity contribution in [1.82, 2.24) is 0 Å². The third kappa shape index (κ3) is 3.90. The summed E-state index contributed by atoms with van der Waals surface area (Å²) in [6.45, 7) is 4.34. The van der Waals surface area contributed by atoms with Gasteiger partial charge in [-0.3, -0.25) is 0 Å². The molecule has 0 spiro atoms. The third-order valence-corrected chi connectivity index (χ3v) is 3.67. The number of azo groups is 1. The molecule has 0 fully saturated rings. The summed E-state index contributed by atoms with van der Waals surface area (Å²) in [5.74, 6) is 0. The topological polar surface area (TPSA) is 28.0 Å². The van der Waals surface area contributed by atoms with E-state index in [0.717, 1.165) is 15.8 Å². The van der Waals surface area contributed by atoms with Gasteiger partial charge in [0, 0.05) is 23.2 Å². The highest BCUT2D eigenvalue weighted by Crippen LogP contribution is 2.23. The summed E-state index contributed by atoms with van der Waals surface area (Å²) < 4.78 is 1.04. The molecule has 0 saturated heterocycles. The minimum absolute atomic E-state index is 0.477. The van der Waals surface area contributed by atoms with E-state index in [4.69, 9.17) is 0 Å². The molecule has 20 heavy (non-hydrogen) atoms. The van der Waals surface area contributed by atoms with Gasteiger partial charge in [-0.15, -0.1) is 0 Å². The van der Waals surface area contributed by atoms with Crippen molar-refractivity contribution < 1.29 is 0 Å². The van der Waals surface area contributed by atoms with Gasteiger partial charge in [0.05, 0.1) is 11.4 Å². The molecule has 2 rings (SSSR count). The lowest BCUT2D eigenvalue weighted by atomic mass is 10.2. The maximum atomic E-state index is 4.24. The second kappa shape index (κ2) is 6.66. The molecule has 0 aliphatic carbocycles. The molecule has 3 nitrogen and oxygen atoms in total. The van der Waals surface area contributed by atoms with Gasteiger partial charge in [0.1, 0.15) is 0 Å². The van der Waals surface area contributed by atoms with Crippen molar-refractivity contribution in [3.63, 3.8) is 0 Å². The summed E-state index contributed by atoms with van der Waals surface area (Å²) in [5.41, 5.74) is 2.88. The fraction of sp³-hybridized carbons (Fsp3) is 0.250. The van der Waals surface area contributed by atoms with Crippen LogP contribution in [0.3, 0.4) is 0 Å². The molecule has 0 aliphatic heterocycles. The standard InChI is InChI=1S/C16H18BrN3/c1-12(2)20(3)16-10-8-15(9-11-16)19-18-14-6-4-13(17)5-7-14/h4-12H,1-3H3. The molecule has 0 saturated carbocycles. The first kappa shape index (κ1) is 14.7. The normalized spacial score (nSPS) is 11.2. The van der Waals surface area contributed by atoms with Gasteiger partial charge in [-0.1, -0.05) is 15.9 Å². The molecule has 2 aromatic rings. The molecule has 0 atom stereocenters. The van der Waals surface area contributed by atoms with Crippen LogP contribution in [0.5, 0.6) is 0 Å². The Bertz CT molecular complexity index is 574. The fourth-order valence-corrected chi connectivity index (χ4v) is 1.94. The lowest BCUT2D eigenvalue weighted by Crippen LogP contribution is -2.25. The van der Waals surface area contributed by atoms with Gasteiger partial charge in [0.2, 0.25) is 0 Å². The summed E-state index contributed by atoms with van der Waals surface area (Å²) in [6.07, 6.45) is 0. The van der Waals surface area contributed by atoms with Crippen molar-refractivity contribution in [2.75, 3.05) is 11.9 Å². The van der Waals surface area contributed by atoms with Crippen LogP contribution in [0.4, 0.5) is 17.1 Å². The first-order valence-electron chi connectivity index (χ1n) is 6.56. The average molecular weight is 332 g/mol. The van der Waals surface area contributed by atoms with Crippen molar-refractivity contribution in [3.05, 3.63) is 53.0 Å². The van der Waals surface area contributed by atoms with E-state index in [1.54, 1.807) is 0 Å². The lowest BCUT2D eigenvalue weighted by Gasteiger charge is -2.23. The van der Waals surface area contributed by atoms with Crippen LogP contribution in [-0.2, 0) is 0 Å². The zero-order valence-electron chi connectivity index (χ0n) is 11.9.